The maximum absolute atomic E-state index is 12.4. The number of carbonyl (C=O) groups excluding carboxylic acids is 2. The van der Waals surface area contributed by atoms with Crippen molar-refractivity contribution in [3.05, 3.63) is 53.1 Å². The van der Waals surface area contributed by atoms with E-state index in [2.05, 4.69) is 15.8 Å². The van der Waals surface area contributed by atoms with E-state index in [4.69, 9.17) is 21.2 Å². The number of oxime groups is 1. The molecule has 8 heteroatoms. The van der Waals surface area contributed by atoms with Crippen LogP contribution in [-0.2, 0) is 14.4 Å². The monoisotopic (exact) mass is 371 g/mol. The fourth-order valence-corrected chi connectivity index (χ4v) is 2.99. The Balaban J connectivity index is 1.42. The molecular weight excluding hydrogens is 358 g/mol. The molecule has 0 aromatic heterocycles. The fraction of sp³-hybridized carbons (Fsp3) is 0.167. The van der Waals surface area contributed by atoms with Crippen LogP contribution < -0.4 is 15.4 Å². The van der Waals surface area contributed by atoms with E-state index in [-0.39, 0.29) is 18.4 Å². The van der Waals surface area contributed by atoms with Crippen LogP contribution in [0.3, 0.4) is 0 Å². The maximum Gasteiger partial charge on any atom is 0.268 e. The van der Waals surface area contributed by atoms with Crippen molar-refractivity contribution in [1.29, 1.82) is 0 Å². The van der Waals surface area contributed by atoms with Crippen LogP contribution in [0.25, 0.3) is 0 Å². The van der Waals surface area contributed by atoms with E-state index < -0.39 is 6.10 Å². The standard InChI is InChI=1S/C18H14ClN3O4/c19-12-4-2-1-3-11(12)14-8-16(26-22-14)18(24)20-10-5-6-13-15(7-10)25-9-17(23)21-13/h1-7,16H,8-9H2,(H,20,24)(H,21,23)/t16-/m1/s1. The molecular formula is C18H14ClN3O4. The molecule has 0 saturated carbocycles. The molecule has 0 fully saturated rings. The Morgan fingerprint density at radius 1 is 1.27 bits per heavy atom. The highest BCUT2D eigenvalue weighted by Gasteiger charge is 2.30. The minimum Gasteiger partial charge on any atom is -0.482 e. The quantitative estimate of drug-likeness (QED) is 0.868. The lowest BCUT2D eigenvalue weighted by atomic mass is 10.0. The van der Waals surface area contributed by atoms with Crippen LogP contribution in [0.2, 0.25) is 5.02 Å². The maximum atomic E-state index is 12.4. The van der Waals surface area contributed by atoms with Crippen LogP contribution >= 0.6 is 11.6 Å². The summed E-state index contributed by atoms with van der Waals surface area (Å²) in [4.78, 5) is 29.0. The number of halogens is 1. The minimum atomic E-state index is -0.738. The number of fused-ring (bicyclic) bond motifs is 1. The van der Waals surface area contributed by atoms with Crippen molar-refractivity contribution >= 4 is 40.5 Å². The number of benzene rings is 2. The van der Waals surface area contributed by atoms with E-state index in [1.165, 1.54) is 0 Å². The molecule has 4 rings (SSSR count). The molecule has 0 aliphatic carbocycles. The molecule has 2 amide bonds. The Hall–Kier alpha value is -3.06. The van der Waals surface area contributed by atoms with Crippen molar-refractivity contribution < 1.29 is 19.2 Å². The third kappa shape index (κ3) is 3.21. The first-order valence-corrected chi connectivity index (χ1v) is 8.33. The van der Waals surface area contributed by atoms with Gasteiger partial charge in [-0.2, -0.15) is 0 Å². The lowest BCUT2D eigenvalue weighted by Crippen LogP contribution is -2.28. The van der Waals surface area contributed by atoms with Crippen LogP contribution in [0.15, 0.2) is 47.6 Å². The number of hydrogen-bond acceptors (Lipinski definition) is 5. The van der Waals surface area contributed by atoms with E-state index in [9.17, 15) is 9.59 Å². The molecule has 2 aliphatic rings. The summed E-state index contributed by atoms with van der Waals surface area (Å²) < 4.78 is 5.34. The second-order valence-corrected chi connectivity index (χ2v) is 6.26. The molecule has 0 saturated heterocycles. The molecule has 2 aliphatic heterocycles. The van der Waals surface area contributed by atoms with Gasteiger partial charge >= 0.3 is 0 Å². The molecule has 1 atom stereocenters. The molecule has 0 unspecified atom stereocenters. The van der Waals surface area contributed by atoms with Crippen LogP contribution in [0.1, 0.15) is 12.0 Å². The summed E-state index contributed by atoms with van der Waals surface area (Å²) in [5.41, 5.74) is 2.50. The molecule has 2 heterocycles. The van der Waals surface area contributed by atoms with Crippen LogP contribution in [0.4, 0.5) is 11.4 Å². The Labute approximate surface area is 153 Å². The number of anilines is 2. The van der Waals surface area contributed by atoms with Gasteiger partial charge in [-0.1, -0.05) is 35.0 Å². The average Bonchev–Trinajstić information content (AvgIpc) is 3.12. The first-order valence-electron chi connectivity index (χ1n) is 7.95. The van der Waals surface area contributed by atoms with Gasteiger partial charge in [-0.05, 0) is 18.2 Å². The van der Waals surface area contributed by atoms with E-state index >= 15 is 0 Å². The molecule has 0 radical (unpaired) electrons. The summed E-state index contributed by atoms with van der Waals surface area (Å²) >= 11 is 6.16. The van der Waals surface area contributed by atoms with Crippen molar-refractivity contribution in [3.8, 4) is 5.75 Å². The molecule has 2 aromatic carbocycles. The summed E-state index contributed by atoms with van der Waals surface area (Å²) in [6, 6.07) is 12.3. The predicted octanol–water partition coefficient (Wildman–Crippen LogP) is 2.80. The number of rotatable bonds is 3. The van der Waals surface area contributed by atoms with E-state index in [1.807, 2.05) is 18.2 Å². The van der Waals surface area contributed by atoms with Crippen molar-refractivity contribution in [2.45, 2.75) is 12.5 Å². The highest BCUT2D eigenvalue weighted by Crippen LogP contribution is 2.31. The molecule has 7 nitrogen and oxygen atoms in total. The minimum absolute atomic E-state index is 0.0504. The van der Waals surface area contributed by atoms with Gasteiger partial charge in [-0.3, -0.25) is 9.59 Å². The van der Waals surface area contributed by atoms with Gasteiger partial charge in [0.2, 0.25) is 6.10 Å². The third-order valence-corrected chi connectivity index (χ3v) is 4.36. The zero-order chi connectivity index (χ0) is 18.1. The lowest BCUT2D eigenvalue weighted by Gasteiger charge is -2.19. The zero-order valence-electron chi connectivity index (χ0n) is 13.5. The number of nitrogens with one attached hydrogen (secondary N) is 2. The number of amides is 2. The molecule has 132 valence electrons. The van der Waals surface area contributed by atoms with Gasteiger partial charge in [0.15, 0.2) is 6.61 Å². The summed E-state index contributed by atoms with van der Waals surface area (Å²) in [6.07, 6.45) is -0.412. The Morgan fingerprint density at radius 2 is 2.12 bits per heavy atom. The van der Waals surface area contributed by atoms with Crippen molar-refractivity contribution in [2.24, 2.45) is 5.16 Å². The molecule has 0 spiro atoms. The second kappa shape index (κ2) is 6.68. The first kappa shape index (κ1) is 16.4. The van der Waals surface area contributed by atoms with Gasteiger partial charge in [-0.25, -0.2) is 0 Å². The SMILES string of the molecule is O=C1COc2cc(NC(=O)[C@H]3CC(c4ccccc4Cl)=NO3)ccc2N1. The van der Waals surface area contributed by atoms with Gasteiger partial charge in [0, 0.05) is 28.8 Å². The third-order valence-electron chi connectivity index (χ3n) is 4.03. The highest BCUT2D eigenvalue weighted by molar-refractivity contribution is 6.34. The average molecular weight is 372 g/mol. The Bertz CT molecular complexity index is 928. The van der Waals surface area contributed by atoms with E-state index in [0.29, 0.717) is 34.3 Å². The van der Waals surface area contributed by atoms with E-state index in [1.54, 1.807) is 24.3 Å². The van der Waals surface area contributed by atoms with Crippen molar-refractivity contribution in [3.63, 3.8) is 0 Å². The number of carbonyl (C=O) groups is 2. The molecule has 0 bridgehead atoms. The second-order valence-electron chi connectivity index (χ2n) is 5.85. The molecule has 26 heavy (non-hydrogen) atoms. The fourth-order valence-electron chi connectivity index (χ4n) is 2.75. The summed E-state index contributed by atoms with van der Waals surface area (Å²) in [6.45, 7) is -0.0504. The van der Waals surface area contributed by atoms with Crippen LogP contribution in [-0.4, -0.2) is 30.2 Å². The van der Waals surface area contributed by atoms with Gasteiger partial charge in [-0.15, -0.1) is 0 Å². The molecule has 2 aromatic rings. The lowest BCUT2D eigenvalue weighted by molar-refractivity contribution is -0.125. The van der Waals surface area contributed by atoms with E-state index in [0.717, 1.165) is 5.56 Å². The zero-order valence-corrected chi connectivity index (χ0v) is 14.2. The van der Waals surface area contributed by atoms with Crippen LogP contribution in [0.5, 0.6) is 5.75 Å². The van der Waals surface area contributed by atoms with Gasteiger partial charge in [0.25, 0.3) is 11.8 Å². The summed E-state index contributed by atoms with van der Waals surface area (Å²) in [7, 11) is 0. The summed E-state index contributed by atoms with van der Waals surface area (Å²) in [5, 5.41) is 10.0. The van der Waals surface area contributed by atoms with Crippen LogP contribution in [0, 0.1) is 0 Å². The first-order chi connectivity index (χ1) is 12.6. The predicted molar refractivity (Wildman–Crippen MR) is 96.7 cm³/mol. The van der Waals surface area contributed by atoms with Crippen molar-refractivity contribution in [1.82, 2.24) is 0 Å². The van der Waals surface area contributed by atoms with Gasteiger partial charge < -0.3 is 20.2 Å². The largest absolute Gasteiger partial charge is 0.482 e. The van der Waals surface area contributed by atoms with Gasteiger partial charge in [0.1, 0.15) is 5.75 Å². The van der Waals surface area contributed by atoms with Crippen molar-refractivity contribution in [2.75, 3.05) is 17.2 Å². The number of hydrogen-bond donors (Lipinski definition) is 2. The summed E-state index contributed by atoms with van der Waals surface area (Å²) in [5.74, 6) is -0.0313. The molecule has 2 N–H and O–H groups in total. The topological polar surface area (TPSA) is 89.0 Å². The number of nitrogens with zero attached hydrogens (tertiary/aromatic N) is 1. The highest BCUT2D eigenvalue weighted by atomic mass is 35.5. The Morgan fingerprint density at radius 3 is 2.96 bits per heavy atom. The number of ether oxygens (including phenoxy) is 1. The Kier molecular flexibility index (Phi) is 4.22. The normalized spacial score (nSPS) is 18.1. The smallest absolute Gasteiger partial charge is 0.268 e. The van der Waals surface area contributed by atoms with Gasteiger partial charge in [0.05, 0.1) is 11.4 Å².